The molecule has 1 aromatic carbocycles. The summed E-state index contributed by atoms with van der Waals surface area (Å²) < 4.78 is 1.53. The number of rotatable bonds is 4. The summed E-state index contributed by atoms with van der Waals surface area (Å²) in [5, 5.41) is 15.7. The van der Waals surface area contributed by atoms with Gasteiger partial charge in [0.05, 0.1) is 10.4 Å². The first kappa shape index (κ1) is 21.3. The number of fused-ring (bicyclic) bond motifs is 2. The summed E-state index contributed by atoms with van der Waals surface area (Å²) >= 11 is 0. The van der Waals surface area contributed by atoms with Gasteiger partial charge in [0.15, 0.2) is 0 Å². The first-order chi connectivity index (χ1) is 14.7. The number of likely N-dealkylation sites (tertiary alicyclic amines) is 1. The maximum Gasteiger partial charge on any atom is 0.317 e. The van der Waals surface area contributed by atoms with Crippen molar-refractivity contribution in [1.29, 1.82) is 0 Å². The molecule has 1 N–H and O–H groups in total. The Morgan fingerprint density at radius 1 is 1.29 bits per heavy atom. The Balaban J connectivity index is 1.75. The summed E-state index contributed by atoms with van der Waals surface area (Å²) in [6.07, 6.45) is 3.32. The normalized spacial score (nSPS) is 22.8. The van der Waals surface area contributed by atoms with E-state index in [0.717, 1.165) is 29.5 Å². The predicted octanol–water partition coefficient (Wildman–Crippen LogP) is 2.97. The molecule has 1 aliphatic carbocycles. The number of hydrogen-bond acceptors (Lipinski definition) is 5. The number of amides is 2. The van der Waals surface area contributed by atoms with Crippen LogP contribution in [0, 0.1) is 10.1 Å². The number of hydrogen-bond donors (Lipinski definition) is 1. The Bertz CT molecular complexity index is 1060. The van der Waals surface area contributed by atoms with Crippen LogP contribution in [-0.2, 0) is 6.42 Å². The van der Waals surface area contributed by atoms with Crippen LogP contribution in [0.3, 0.4) is 0 Å². The van der Waals surface area contributed by atoms with Crippen molar-refractivity contribution in [2.24, 2.45) is 0 Å². The molecule has 0 bridgehead atoms. The Hall–Kier alpha value is -2.94. The third-order valence-electron chi connectivity index (χ3n) is 6.83. The number of aromatic nitrogens is 1. The molecule has 1 aliphatic heterocycles. The average molecular weight is 428 g/mol. The van der Waals surface area contributed by atoms with E-state index < -0.39 is 4.92 Å². The monoisotopic (exact) mass is 427 g/mol. The lowest BCUT2D eigenvalue weighted by Crippen LogP contribution is -2.56. The van der Waals surface area contributed by atoms with Gasteiger partial charge in [-0.3, -0.25) is 19.5 Å². The van der Waals surface area contributed by atoms with Gasteiger partial charge in [-0.1, -0.05) is 0 Å². The molecule has 2 heterocycles. The number of non-ortho nitro benzene ring substituents is 1. The number of nitro benzene ring substituents is 1. The lowest BCUT2D eigenvalue weighted by molar-refractivity contribution is -0.384. The second-order valence-electron chi connectivity index (χ2n) is 8.60. The van der Waals surface area contributed by atoms with E-state index in [-0.39, 0.29) is 35.6 Å². The van der Waals surface area contributed by atoms with Crippen molar-refractivity contribution in [3.8, 4) is 0 Å². The van der Waals surface area contributed by atoms with Crippen molar-refractivity contribution in [2.45, 2.75) is 51.6 Å². The zero-order valence-electron chi connectivity index (χ0n) is 18.4. The van der Waals surface area contributed by atoms with Crippen LogP contribution in [0.1, 0.15) is 49.0 Å². The number of carbonyl (C=O) groups is 2. The average Bonchev–Trinajstić information content (AvgIpc) is 3.09. The molecule has 2 aromatic rings. The van der Waals surface area contributed by atoms with Crippen LogP contribution in [0.25, 0.3) is 10.9 Å². The van der Waals surface area contributed by atoms with E-state index in [0.29, 0.717) is 25.0 Å². The smallest absolute Gasteiger partial charge is 0.317 e. The van der Waals surface area contributed by atoms with Gasteiger partial charge in [-0.2, -0.15) is 0 Å². The van der Waals surface area contributed by atoms with Crippen LogP contribution in [0.5, 0.6) is 0 Å². The molecule has 9 heteroatoms. The highest BCUT2D eigenvalue weighted by Crippen LogP contribution is 2.45. The summed E-state index contributed by atoms with van der Waals surface area (Å²) in [7, 11) is 2.04. The van der Waals surface area contributed by atoms with E-state index in [2.05, 4.69) is 10.2 Å². The standard InChI is InChI=1S/C22H29N5O4/c1-5-25(6-2)22(29)23-15-8-17-18-9-16(27(30)31)10-20-21(18)14(11-26(20)13(3)28)7-19(17)24(4)12-15/h9-11,15,17,19H,5-8,12H2,1-4H3,(H,23,29)/t15-,17?,19+/m0/s1. The lowest BCUT2D eigenvalue weighted by atomic mass is 9.74. The minimum absolute atomic E-state index is 0.00717. The fourth-order valence-electron chi connectivity index (χ4n) is 5.34. The van der Waals surface area contributed by atoms with Gasteiger partial charge in [0.1, 0.15) is 0 Å². The number of likely N-dealkylation sites (N-methyl/N-ethyl adjacent to an activating group) is 1. The first-order valence-electron chi connectivity index (χ1n) is 10.8. The number of nitrogens with zero attached hydrogens (tertiary/aromatic N) is 4. The van der Waals surface area contributed by atoms with Crippen LogP contribution in [0.15, 0.2) is 18.3 Å². The molecule has 2 aliphatic rings. The Kier molecular flexibility index (Phi) is 5.47. The Morgan fingerprint density at radius 3 is 2.61 bits per heavy atom. The molecule has 1 aromatic heterocycles. The molecule has 3 atom stereocenters. The predicted molar refractivity (Wildman–Crippen MR) is 118 cm³/mol. The highest BCUT2D eigenvalue weighted by molar-refractivity contribution is 5.97. The summed E-state index contributed by atoms with van der Waals surface area (Å²) in [6.45, 7) is 7.38. The van der Waals surface area contributed by atoms with Crippen molar-refractivity contribution >= 4 is 28.5 Å². The zero-order valence-corrected chi connectivity index (χ0v) is 18.4. The molecule has 1 fully saturated rings. The maximum absolute atomic E-state index is 12.6. The van der Waals surface area contributed by atoms with Gasteiger partial charge >= 0.3 is 6.03 Å². The van der Waals surface area contributed by atoms with E-state index in [4.69, 9.17) is 0 Å². The minimum atomic E-state index is -0.400. The van der Waals surface area contributed by atoms with Gasteiger partial charge in [0.2, 0.25) is 5.91 Å². The van der Waals surface area contributed by atoms with Crippen LogP contribution < -0.4 is 5.32 Å². The molecule has 166 valence electrons. The molecule has 0 spiro atoms. The molecule has 0 radical (unpaired) electrons. The molecule has 31 heavy (non-hydrogen) atoms. The van der Waals surface area contributed by atoms with Crippen molar-refractivity contribution in [3.05, 3.63) is 39.6 Å². The topological polar surface area (TPSA) is 101 Å². The number of piperidine rings is 1. The van der Waals surface area contributed by atoms with Gasteiger partial charge in [0, 0.05) is 68.3 Å². The Labute approximate surface area is 181 Å². The molecular formula is C22H29N5O4. The van der Waals surface area contributed by atoms with Gasteiger partial charge in [0.25, 0.3) is 5.69 Å². The third kappa shape index (κ3) is 3.56. The number of nitrogens with one attached hydrogen (secondary N) is 1. The number of nitro groups is 1. The number of urea groups is 1. The second kappa shape index (κ2) is 7.96. The molecule has 1 saturated heterocycles. The number of benzene rings is 1. The number of carbonyl (C=O) groups excluding carboxylic acids is 2. The quantitative estimate of drug-likeness (QED) is 0.597. The molecular weight excluding hydrogens is 398 g/mol. The summed E-state index contributed by atoms with van der Waals surface area (Å²) in [6, 6.07) is 3.20. The van der Waals surface area contributed by atoms with Crippen molar-refractivity contribution in [2.75, 3.05) is 26.7 Å². The third-order valence-corrected chi connectivity index (χ3v) is 6.83. The molecule has 9 nitrogen and oxygen atoms in total. The largest absolute Gasteiger partial charge is 0.334 e. The SMILES string of the molecule is CCN(CC)C(=O)N[C@H]1CC2c3cc([N+](=O)[O-])cc4c3c(cn4C(C)=O)C[C@H]2N(C)C1. The summed E-state index contributed by atoms with van der Waals surface area (Å²) in [5.41, 5.74) is 2.55. The molecule has 1 unspecified atom stereocenters. The van der Waals surface area contributed by atoms with Gasteiger partial charge in [-0.25, -0.2) is 4.79 Å². The first-order valence-corrected chi connectivity index (χ1v) is 10.8. The van der Waals surface area contributed by atoms with Crippen LogP contribution >= 0.6 is 0 Å². The summed E-state index contributed by atoms with van der Waals surface area (Å²) in [4.78, 5) is 40.0. The van der Waals surface area contributed by atoms with E-state index in [9.17, 15) is 19.7 Å². The fourth-order valence-corrected chi connectivity index (χ4v) is 5.34. The van der Waals surface area contributed by atoms with Crippen LogP contribution in [0.2, 0.25) is 0 Å². The second-order valence-corrected chi connectivity index (χ2v) is 8.60. The highest BCUT2D eigenvalue weighted by Gasteiger charge is 2.41. The minimum Gasteiger partial charge on any atom is -0.334 e. The van der Waals surface area contributed by atoms with E-state index >= 15 is 0 Å². The Morgan fingerprint density at radius 2 is 2.00 bits per heavy atom. The van der Waals surface area contributed by atoms with Gasteiger partial charge < -0.3 is 15.1 Å². The highest BCUT2D eigenvalue weighted by atomic mass is 16.6. The van der Waals surface area contributed by atoms with Crippen molar-refractivity contribution in [3.63, 3.8) is 0 Å². The van der Waals surface area contributed by atoms with Gasteiger partial charge in [-0.15, -0.1) is 0 Å². The van der Waals surface area contributed by atoms with Crippen LogP contribution in [0.4, 0.5) is 10.5 Å². The molecule has 4 rings (SSSR count). The summed E-state index contributed by atoms with van der Waals surface area (Å²) in [5.74, 6) is -0.122. The van der Waals surface area contributed by atoms with E-state index in [1.54, 1.807) is 11.0 Å². The van der Waals surface area contributed by atoms with Crippen molar-refractivity contribution in [1.82, 2.24) is 19.7 Å². The van der Waals surface area contributed by atoms with Crippen LogP contribution in [-0.4, -0.2) is 70.0 Å². The molecule has 0 saturated carbocycles. The maximum atomic E-state index is 12.6. The van der Waals surface area contributed by atoms with E-state index in [1.807, 2.05) is 27.1 Å². The van der Waals surface area contributed by atoms with Gasteiger partial charge in [-0.05, 0) is 44.9 Å². The van der Waals surface area contributed by atoms with Crippen molar-refractivity contribution < 1.29 is 14.5 Å². The fraction of sp³-hybridized carbons (Fsp3) is 0.545. The van der Waals surface area contributed by atoms with E-state index in [1.165, 1.54) is 17.6 Å². The molecule has 2 amide bonds. The zero-order chi connectivity index (χ0) is 22.4. The lowest BCUT2D eigenvalue weighted by Gasteiger charge is -2.45.